The Hall–Kier alpha value is -2.56. The van der Waals surface area contributed by atoms with Gasteiger partial charge in [0.05, 0.1) is 11.4 Å². The fraction of sp³-hybridized carbons (Fsp3) is 0.455. The predicted molar refractivity (Wildman–Crippen MR) is 109 cm³/mol. The Morgan fingerprint density at radius 2 is 2.00 bits per heavy atom. The van der Waals surface area contributed by atoms with E-state index < -0.39 is 5.91 Å². The Morgan fingerprint density at radius 1 is 1.26 bits per heavy atom. The zero-order valence-corrected chi connectivity index (χ0v) is 16.7. The van der Waals surface area contributed by atoms with Crippen molar-refractivity contribution in [2.24, 2.45) is 11.1 Å². The van der Waals surface area contributed by atoms with Crippen LogP contribution in [0.4, 0.5) is 5.69 Å². The van der Waals surface area contributed by atoms with Crippen molar-refractivity contribution in [3.8, 4) is 5.69 Å². The van der Waals surface area contributed by atoms with Crippen molar-refractivity contribution in [2.45, 2.75) is 53.4 Å². The van der Waals surface area contributed by atoms with Gasteiger partial charge in [-0.1, -0.05) is 27.2 Å². The number of nitrogens with one attached hydrogen (secondary N) is 1. The summed E-state index contributed by atoms with van der Waals surface area (Å²) >= 11 is 0. The number of aryl methyl sites for hydroxylation is 1. The third-order valence-electron chi connectivity index (χ3n) is 5.24. The lowest BCUT2D eigenvalue weighted by Gasteiger charge is -2.30. The first-order valence-electron chi connectivity index (χ1n) is 9.66. The second kappa shape index (κ2) is 7.22. The van der Waals surface area contributed by atoms with Gasteiger partial charge < -0.3 is 15.6 Å². The van der Waals surface area contributed by atoms with E-state index in [9.17, 15) is 9.59 Å². The number of anilines is 1. The van der Waals surface area contributed by atoms with Crippen LogP contribution in [-0.2, 0) is 6.42 Å². The van der Waals surface area contributed by atoms with E-state index >= 15 is 0 Å². The van der Waals surface area contributed by atoms with E-state index in [0.29, 0.717) is 12.0 Å². The van der Waals surface area contributed by atoms with E-state index in [4.69, 9.17) is 5.73 Å². The maximum absolute atomic E-state index is 12.6. The smallest absolute Gasteiger partial charge is 0.248 e. The molecule has 0 aliphatic heterocycles. The van der Waals surface area contributed by atoms with Gasteiger partial charge in [0.1, 0.15) is 0 Å². The molecule has 0 radical (unpaired) electrons. The molecule has 5 nitrogen and oxygen atoms in total. The number of amides is 1. The van der Waals surface area contributed by atoms with Crippen molar-refractivity contribution in [3.05, 3.63) is 46.8 Å². The number of aromatic nitrogens is 1. The molecule has 1 aliphatic carbocycles. The Bertz CT molecular complexity index is 893. The van der Waals surface area contributed by atoms with E-state index in [-0.39, 0.29) is 11.2 Å². The van der Waals surface area contributed by atoms with Crippen LogP contribution in [0.25, 0.3) is 5.69 Å². The second-order valence-electron chi connectivity index (χ2n) is 8.30. The first-order chi connectivity index (χ1) is 12.7. The first kappa shape index (κ1) is 19.2. The summed E-state index contributed by atoms with van der Waals surface area (Å²) in [6.45, 7) is 9.26. The number of Topliss-reactive ketones (excluding diaryl/α,β-unsaturated/α-hetero) is 1. The molecule has 1 heterocycles. The van der Waals surface area contributed by atoms with Crippen molar-refractivity contribution in [1.29, 1.82) is 0 Å². The Morgan fingerprint density at radius 3 is 2.67 bits per heavy atom. The minimum absolute atomic E-state index is 0.0599. The number of nitrogens with zero attached hydrogens (tertiary/aromatic N) is 1. The van der Waals surface area contributed by atoms with Gasteiger partial charge in [-0.05, 0) is 49.4 Å². The normalized spacial score (nSPS) is 15.5. The third-order valence-corrected chi connectivity index (χ3v) is 5.24. The molecule has 0 saturated heterocycles. The maximum Gasteiger partial charge on any atom is 0.248 e. The molecule has 5 heteroatoms. The van der Waals surface area contributed by atoms with Gasteiger partial charge in [0, 0.05) is 35.5 Å². The van der Waals surface area contributed by atoms with Crippen molar-refractivity contribution in [2.75, 3.05) is 11.9 Å². The molecule has 0 unspecified atom stereocenters. The number of nitrogens with two attached hydrogens (primary N) is 1. The Labute approximate surface area is 160 Å². The molecule has 3 rings (SSSR count). The van der Waals surface area contributed by atoms with Gasteiger partial charge in [0.25, 0.3) is 0 Å². The first-order valence-corrected chi connectivity index (χ1v) is 9.66. The number of ketones is 1. The Balaban J connectivity index is 2.14. The number of fused-ring (bicyclic) bond motifs is 1. The molecule has 0 bridgehead atoms. The van der Waals surface area contributed by atoms with Crippen molar-refractivity contribution >= 4 is 17.4 Å². The fourth-order valence-electron chi connectivity index (χ4n) is 3.91. The van der Waals surface area contributed by atoms with Gasteiger partial charge in [-0.2, -0.15) is 0 Å². The summed E-state index contributed by atoms with van der Waals surface area (Å²) in [5.74, 6) is -0.236. The van der Waals surface area contributed by atoms with E-state index in [1.165, 1.54) is 0 Å². The largest absolute Gasteiger partial charge is 0.383 e. The summed E-state index contributed by atoms with van der Waals surface area (Å²) in [7, 11) is 0. The van der Waals surface area contributed by atoms with Gasteiger partial charge in [-0.3, -0.25) is 9.59 Å². The summed E-state index contributed by atoms with van der Waals surface area (Å²) in [4.78, 5) is 24.3. The van der Waals surface area contributed by atoms with Crippen LogP contribution < -0.4 is 11.1 Å². The average molecular weight is 367 g/mol. The SMILES string of the molecule is CCCCNc1cc(C(N)=O)ccc1-n1c(C)cc2c1CC(C)(C)CC2=O. The van der Waals surface area contributed by atoms with Crippen LogP contribution in [0, 0.1) is 12.3 Å². The average Bonchev–Trinajstić information content (AvgIpc) is 2.90. The molecule has 0 spiro atoms. The molecule has 3 N–H and O–H groups in total. The topological polar surface area (TPSA) is 77.1 Å². The summed E-state index contributed by atoms with van der Waals surface area (Å²) in [6.07, 6.45) is 3.53. The van der Waals surface area contributed by atoms with Crippen molar-refractivity contribution in [1.82, 2.24) is 4.57 Å². The van der Waals surface area contributed by atoms with Gasteiger partial charge in [0.2, 0.25) is 5.91 Å². The standard InChI is InChI=1S/C22H29N3O2/c1-5-6-9-24-17-11-15(21(23)27)7-8-18(17)25-14(2)10-16-19(25)12-22(3,4)13-20(16)26/h7-8,10-11,24H,5-6,9,12-13H2,1-4H3,(H2,23,27). The lowest BCUT2D eigenvalue weighted by molar-refractivity contribution is 0.0910. The predicted octanol–water partition coefficient (Wildman–Crippen LogP) is 4.25. The number of benzene rings is 1. The monoisotopic (exact) mass is 367 g/mol. The highest BCUT2D eigenvalue weighted by Crippen LogP contribution is 2.38. The molecule has 2 aromatic rings. The molecule has 1 amide bonds. The van der Waals surface area contributed by atoms with Crippen LogP contribution in [0.5, 0.6) is 0 Å². The number of rotatable bonds is 6. The van der Waals surface area contributed by atoms with Gasteiger partial charge in [-0.25, -0.2) is 0 Å². The molecular weight excluding hydrogens is 338 g/mol. The van der Waals surface area contributed by atoms with Crippen molar-refractivity contribution in [3.63, 3.8) is 0 Å². The third kappa shape index (κ3) is 3.77. The number of unbranched alkanes of at least 4 members (excludes halogenated alkanes) is 1. The summed E-state index contributed by atoms with van der Waals surface area (Å²) in [6, 6.07) is 7.48. The molecule has 0 fully saturated rings. The van der Waals surface area contributed by atoms with E-state index in [0.717, 1.165) is 54.1 Å². The molecule has 1 aliphatic rings. The van der Waals surface area contributed by atoms with Crippen LogP contribution in [0.15, 0.2) is 24.3 Å². The summed E-state index contributed by atoms with van der Waals surface area (Å²) in [5, 5.41) is 3.45. The van der Waals surface area contributed by atoms with E-state index in [2.05, 4.69) is 30.7 Å². The summed E-state index contributed by atoms with van der Waals surface area (Å²) in [5.41, 5.74) is 10.6. The van der Waals surface area contributed by atoms with Crippen LogP contribution in [-0.4, -0.2) is 22.8 Å². The number of hydrogen-bond acceptors (Lipinski definition) is 3. The van der Waals surface area contributed by atoms with Gasteiger partial charge >= 0.3 is 0 Å². The fourth-order valence-corrected chi connectivity index (χ4v) is 3.91. The van der Waals surface area contributed by atoms with Crippen LogP contribution in [0.2, 0.25) is 0 Å². The molecule has 1 aromatic heterocycles. The molecule has 144 valence electrons. The van der Waals surface area contributed by atoms with Crippen LogP contribution in [0.3, 0.4) is 0 Å². The molecule has 0 saturated carbocycles. The van der Waals surface area contributed by atoms with E-state index in [1.807, 2.05) is 25.1 Å². The highest BCUT2D eigenvalue weighted by molar-refractivity contribution is 5.99. The quantitative estimate of drug-likeness (QED) is 0.749. The van der Waals surface area contributed by atoms with Crippen molar-refractivity contribution < 1.29 is 9.59 Å². The highest BCUT2D eigenvalue weighted by atomic mass is 16.1. The zero-order valence-electron chi connectivity index (χ0n) is 16.7. The van der Waals surface area contributed by atoms with E-state index in [1.54, 1.807) is 6.07 Å². The molecule has 1 aromatic carbocycles. The zero-order chi connectivity index (χ0) is 19.8. The molecule has 0 atom stereocenters. The van der Waals surface area contributed by atoms with Crippen LogP contribution >= 0.6 is 0 Å². The van der Waals surface area contributed by atoms with Gasteiger partial charge in [0.15, 0.2) is 5.78 Å². The minimum Gasteiger partial charge on any atom is -0.383 e. The number of carbonyl (C=O) groups excluding carboxylic acids is 2. The molecule has 27 heavy (non-hydrogen) atoms. The van der Waals surface area contributed by atoms with Crippen LogP contribution in [0.1, 0.15) is 72.1 Å². The molecular formula is C22H29N3O2. The lowest BCUT2D eigenvalue weighted by Crippen LogP contribution is -2.28. The number of primary amides is 1. The highest BCUT2D eigenvalue weighted by Gasteiger charge is 2.34. The van der Waals surface area contributed by atoms with Gasteiger partial charge in [-0.15, -0.1) is 0 Å². The Kier molecular flexibility index (Phi) is 5.13. The number of hydrogen-bond donors (Lipinski definition) is 2. The second-order valence-corrected chi connectivity index (χ2v) is 8.30. The lowest BCUT2D eigenvalue weighted by atomic mass is 9.76. The number of carbonyl (C=O) groups is 2. The maximum atomic E-state index is 12.6. The minimum atomic E-state index is -0.442. The summed E-state index contributed by atoms with van der Waals surface area (Å²) < 4.78 is 2.16.